The molecule has 4 heteroatoms. The van der Waals surface area contributed by atoms with Gasteiger partial charge in [0.05, 0.1) is 10.4 Å². The molecule has 0 amide bonds. The van der Waals surface area contributed by atoms with Crippen molar-refractivity contribution in [2.24, 2.45) is 0 Å². The SMILES string of the molecule is Nc1cc(F)c(SCc2ccccc2)c2ncccc12. The Kier molecular flexibility index (Phi) is 3.56. The van der Waals surface area contributed by atoms with Crippen molar-refractivity contribution < 1.29 is 4.39 Å². The minimum atomic E-state index is -0.311. The second-order valence-corrected chi connectivity index (χ2v) is 5.44. The Morgan fingerprint density at radius 1 is 1.10 bits per heavy atom. The van der Waals surface area contributed by atoms with Gasteiger partial charge in [-0.05, 0) is 23.8 Å². The maximum absolute atomic E-state index is 14.1. The molecule has 0 unspecified atom stereocenters. The lowest BCUT2D eigenvalue weighted by Gasteiger charge is -2.09. The second kappa shape index (κ2) is 5.51. The highest BCUT2D eigenvalue weighted by atomic mass is 32.2. The van der Waals surface area contributed by atoms with E-state index in [1.165, 1.54) is 17.8 Å². The van der Waals surface area contributed by atoms with E-state index in [2.05, 4.69) is 4.98 Å². The van der Waals surface area contributed by atoms with Crippen molar-refractivity contribution in [3.63, 3.8) is 0 Å². The van der Waals surface area contributed by atoms with Crippen LogP contribution in [0.1, 0.15) is 5.56 Å². The topological polar surface area (TPSA) is 38.9 Å². The average Bonchev–Trinajstić information content (AvgIpc) is 2.48. The van der Waals surface area contributed by atoms with Crippen molar-refractivity contribution >= 4 is 28.4 Å². The molecule has 0 fully saturated rings. The Morgan fingerprint density at radius 3 is 2.70 bits per heavy atom. The number of aromatic nitrogens is 1. The Labute approximate surface area is 120 Å². The number of hydrogen-bond acceptors (Lipinski definition) is 3. The molecule has 2 nitrogen and oxygen atoms in total. The summed E-state index contributed by atoms with van der Waals surface area (Å²) >= 11 is 1.45. The van der Waals surface area contributed by atoms with Gasteiger partial charge in [0.2, 0.25) is 0 Å². The number of benzene rings is 2. The van der Waals surface area contributed by atoms with Crippen LogP contribution in [0.3, 0.4) is 0 Å². The first-order chi connectivity index (χ1) is 9.75. The number of halogens is 1. The molecule has 0 atom stereocenters. The van der Waals surface area contributed by atoms with Gasteiger partial charge in [0, 0.05) is 23.0 Å². The van der Waals surface area contributed by atoms with Crippen molar-refractivity contribution in [1.82, 2.24) is 4.98 Å². The summed E-state index contributed by atoms with van der Waals surface area (Å²) in [4.78, 5) is 4.83. The van der Waals surface area contributed by atoms with Crippen LogP contribution in [0.2, 0.25) is 0 Å². The van der Waals surface area contributed by atoms with Gasteiger partial charge < -0.3 is 5.73 Å². The standard InChI is InChI=1S/C16H13FN2S/c17-13-9-14(18)12-7-4-8-19-15(12)16(13)20-10-11-5-2-1-3-6-11/h1-9H,10,18H2. The van der Waals surface area contributed by atoms with Crippen LogP contribution in [0.5, 0.6) is 0 Å². The largest absolute Gasteiger partial charge is 0.398 e. The van der Waals surface area contributed by atoms with E-state index in [9.17, 15) is 4.39 Å². The number of nitrogen functional groups attached to an aromatic ring is 1. The molecule has 1 aromatic heterocycles. The van der Waals surface area contributed by atoms with Gasteiger partial charge in [0.1, 0.15) is 5.82 Å². The van der Waals surface area contributed by atoms with Gasteiger partial charge in [-0.2, -0.15) is 0 Å². The number of anilines is 1. The van der Waals surface area contributed by atoms with Crippen LogP contribution in [0, 0.1) is 5.82 Å². The van der Waals surface area contributed by atoms with E-state index in [0.29, 0.717) is 21.9 Å². The van der Waals surface area contributed by atoms with E-state index in [1.54, 1.807) is 6.20 Å². The van der Waals surface area contributed by atoms with Crippen LogP contribution >= 0.6 is 11.8 Å². The van der Waals surface area contributed by atoms with Crippen molar-refractivity contribution in [3.05, 3.63) is 66.1 Å². The van der Waals surface area contributed by atoms with E-state index < -0.39 is 0 Å². The van der Waals surface area contributed by atoms with Gasteiger partial charge >= 0.3 is 0 Å². The van der Waals surface area contributed by atoms with E-state index in [-0.39, 0.29) is 5.82 Å². The van der Waals surface area contributed by atoms with Crippen molar-refractivity contribution in [2.45, 2.75) is 10.6 Å². The quantitative estimate of drug-likeness (QED) is 0.577. The molecule has 0 aliphatic heterocycles. The molecule has 0 aliphatic carbocycles. The summed E-state index contributed by atoms with van der Waals surface area (Å²) in [5, 5.41) is 0.796. The number of fused-ring (bicyclic) bond motifs is 1. The zero-order valence-electron chi connectivity index (χ0n) is 10.7. The molecule has 0 spiro atoms. The Bertz CT molecular complexity index is 744. The third kappa shape index (κ3) is 2.47. The van der Waals surface area contributed by atoms with Gasteiger partial charge in [-0.15, -0.1) is 11.8 Å². The molecule has 0 radical (unpaired) electrons. The van der Waals surface area contributed by atoms with Crippen LogP contribution in [-0.2, 0) is 5.75 Å². The third-order valence-corrected chi connectivity index (χ3v) is 4.21. The molecule has 2 N–H and O–H groups in total. The molecule has 2 aromatic carbocycles. The predicted octanol–water partition coefficient (Wildman–Crippen LogP) is 4.25. The highest BCUT2D eigenvalue weighted by Gasteiger charge is 2.12. The number of pyridine rings is 1. The highest BCUT2D eigenvalue weighted by molar-refractivity contribution is 7.98. The van der Waals surface area contributed by atoms with Crippen molar-refractivity contribution in [2.75, 3.05) is 5.73 Å². The lowest BCUT2D eigenvalue weighted by Crippen LogP contribution is -1.94. The van der Waals surface area contributed by atoms with Gasteiger partial charge in [0.25, 0.3) is 0 Å². The van der Waals surface area contributed by atoms with Crippen molar-refractivity contribution in [1.29, 1.82) is 0 Å². The molecule has 3 rings (SSSR count). The van der Waals surface area contributed by atoms with Crippen LogP contribution in [0.4, 0.5) is 10.1 Å². The zero-order valence-corrected chi connectivity index (χ0v) is 11.5. The molecule has 0 saturated heterocycles. The van der Waals surface area contributed by atoms with Crippen molar-refractivity contribution in [3.8, 4) is 0 Å². The Hall–Kier alpha value is -2.07. The average molecular weight is 284 g/mol. The summed E-state index contributed by atoms with van der Waals surface area (Å²) in [7, 11) is 0. The number of nitrogens with two attached hydrogens (primary N) is 1. The minimum absolute atomic E-state index is 0.311. The number of nitrogens with zero attached hydrogens (tertiary/aromatic N) is 1. The van der Waals surface area contributed by atoms with Crippen LogP contribution in [0.25, 0.3) is 10.9 Å². The lowest BCUT2D eigenvalue weighted by atomic mass is 10.2. The van der Waals surface area contributed by atoms with Crippen LogP contribution in [0.15, 0.2) is 59.6 Å². The van der Waals surface area contributed by atoms with Gasteiger partial charge in [-0.3, -0.25) is 4.98 Å². The number of rotatable bonds is 3. The first-order valence-electron chi connectivity index (χ1n) is 6.25. The van der Waals surface area contributed by atoms with E-state index in [0.717, 1.165) is 10.9 Å². The fourth-order valence-corrected chi connectivity index (χ4v) is 3.08. The fourth-order valence-electron chi connectivity index (χ4n) is 2.08. The molecule has 1 heterocycles. The number of thioether (sulfide) groups is 1. The summed E-state index contributed by atoms with van der Waals surface area (Å²) < 4.78 is 14.1. The van der Waals surface area contributed by atoms with Gasteiger partial charge in [-0.25, -0.2) is 4.39 Å². The maximum atomic E-state index is 14.1. The van der Waals surface area contributed by atoms with E-state index in [4.69, 9.17) is 5.73 Å². The monoisotopic (exact) mass is 284 g/mol. The first kappa shape index (κ1) is 12.9. The van der Waals surface area contributed by atoms with Crippen LogP contribution in [-0.4, -0.2) is 4.98 Å². The third-order valence-electron chi connectivity index (χ3n) is 3.06. The number of hydrogen-bond donors (Lipinski definition) is 1. The van der Waals surface area contributed by atoms with Crippen LogP contribution < -0.4 is 5.73 Å². The molecule has 3 aromatic rings. The summed E-state index contributed by atoms with van der Waals surface area (Å²) in [5.41, 5.74) is 8.05. The molecule has 100 valence electrons. The molecule has 0 aliphatic rings. The zero-order chi connectivity index (χ0) is 13.9. The summed E-state index contributed by atoms with van der Waals surface area (Å²) in [6, 6.07) is 15.0. The Balaban J connectivity index is 1.99. The van der Waals surface area contributed by atoms with Gasteiger partial charge in [-0.1, -0.05) is 30.3 Å². The highest BCUT2D eigenvalue weighted by Crippen LogP contribution is 2.34. The molecule has 0 saturated carbocycles. The van der Waals surface area contributed by atoms with E-state index >= 15 is 0 Å². The second-order valence-electron chi connectivity index (χ2n) is 4.45. The fraction of sp³-hybridized carbons (Fsp3) is 0.0625. The summed E-state index contributed by atoms with van der Waals surface area (Å²) in [6.07, 6.45) is 1.66. The lowest BCUT2D eigenvalue weighted by molar-refractivity contribution is 0.605. The normalized spacial score (nSPS) is 10.8. The van der Waals surface area contributed by atoms with E-state index in [1.807, 2.05) is 42.5 Å². The Morgan fingerprint density at radius 2 is 1.90 bits per heavy atom. The predicted molar refractivity (Wildman–Crippen MR) is 82.1 cm³/mol. The smallest absolute Gasteiger partial charge is 0.141 e. The first-order valence-corrected chi connectivity index (χ1v) is 7.23. The molecular formula is C16H13FN2S. The van der Waals surface area contributed by atoms with Gasteiger partial charge in [0.15, 0.2) is 0 Å². The molecule has 0 bridgehead atoms. The summed E-state index contributed by atoms with van der Waals surface area (Å²) in [5.74, 6) is 0.391. The molecular weight excluding hydrogens is 271 g/mol. The summed E-state index contributed by atoms with van der Waals surface area (Å²) in [6.45, 7) is 0. The molecule has 20 heavy (non-hydrogen) atoms. The minimum Gasteiger partial charge on any atom is -0.398 e. The maximum Gasteiger partial charge on any atom is 0.141 e.